The number of hydrogen-bond donors (Lipinski definition) is 2. The van der Waals surface area contributed by atoms with Crippen molar-refractivity contribution in [2.45, 2.75) is 4.90 Å². The molecule has 0 atom stereocenters. The van der Waals surface area contributed by atoms with Gasteiger partial charge in [-0.1, -0.05) is 0 Å². The molecule has 10 heteroatoms. The molecule has 0 saturated carbocycles. The van der Waals surface area contributed by atoms with Gasteiger partial charge in [0.2, 0.25) is 22.6 Å². The van der Waals surface area contributed by atoms with E-state index in [-0.39, 0.29) is 17.3 Å². The molecule has 0 aromatic heterocycles. The summed E-state index contributed by atoms with van der Waals surface area (Å²) in [4.78, 5) is 12.3. The van der Waals surface area contributed by atoms with Crippen LogP contribution in [0.25, 0.3) is 6.08 Å². The highest BCUT2D eigenvalue weighted by atomic mass is 32.2. The molecule has 1 heterocycles. The first-order valence-electron chi connectivity index (χ1n) is 7.85. The number of nitrogens with zero attached hydrogens (tertiary/aromatic N) is 1. The van der Waals surface area contributed by atoms with Crippen molar-refractivity contribution in [1.82, 2.24) is 0 Å². The van der Waals surface area contributed by atoms with Crippen molar-refractivity contribution in [3.63, 3.8) is 0 Å². The minimum absolute atomic E-state index is 0.0545. The van der Waals surface area contributed by atoms with E-state index >= 15 is 0 Å². The van der Waals surface area contributed by atoms with Crippen molar-refractivity contribution < 1.29 is 27.4 Å². The molecular weight excluding hydrogens is 386 g/mol. The van der Waals surface area contributed by atoms with Crippen LogP contribution in [0.4, 0.5) is 5.69 Å². The Kier molecular flexibility index (Phi) is 5.21. The zero-order chi connectivity index (χ0) is 20.3. The molecule has 2 aromatic rings. The highest BCUT2D eigenvalue weighted by molar-refractivity contribution is 7.89. The molecule has 3 rings (SSSR count). The number of nitriles is 1. The molecular formula is C18H15N3O6S. The number of nitrogens with one attached hydrogen (secondary N) is 1. The van der Waals surface area contributed by atoms with Gasteiger partial charge in [-0.05, 0) is 48.0 Å². The molecule has 0 saturated heterocycles. The third-order valence-electron chi connectivity index (χ3n) is 3.80. The number of rotatable bonds is 5. The lowest BCUT2D eigenvalue weighted by atomic mass is 10.1. The molecule has 144 valence electrons. The SMILES string of the molecule is COc1cc(/C=C(\C#N)C(=O)Nc2ccc(S(N)(=O)=O)cc2)cc2c1OCO2. The predicted octanol–water partition coefficient (Wildman–Crippen LogP) is 1.62. The summed E-state index contributed by atoms with van der Waals surface area (Å²) < 4.78 is 38.4. The van der Waals surface area contributed by atoms with Crippen LogP contribution in [0.2, 0.25) is 0 Å². The summed E-state index contributed by atoms with van der Waals surface area (Å²) in [7, 11) is -2.37. The normalized spacial score (nSPS) is 13.0. The molecule has 0 unspecified atom stereocenters. The number of amides is 1. The van der Waals surface area contributed by atoms with Gasteiger partial charge in [0.15, 0.2) is 11.5 Å². The maximum atomic E-state index is 12.4. The number of anilines is 1. The molecule has 0 fully saturated rings. The van der Waals surface area contributed by atoms with Crippen LogP contribution < -0.4 is 24.7 Å². The van der Waals surface area contributed by atoms with Crippen molar-refractivity contribution >= 4 is 27.7 Å². The van der Waals surface area contributed by atoms with E-state index < -0.39 is 15.9 Å². The number of fused-ring (bicyclic) bond motifs is 1. The first-order valence-corrected chi connectivity index (χ1v) is 9.40. The lowest BCUT2D eigenvalue weighted by molar-refractivity contribution is -0.112. The van der Waals surface area contributed by atoms with Crippen LogP contribution in [0.5, 0.6) is 17.2 Å². The fourth-order valence-corrected chi connectivity index (χ4v) is 2.99. The first kappa shape index (κ1) is 19.2. The average Bonchev–Trinajstić information content (AvgIpc) is 3.13. The van der Waals surface area contributed by atoms with Gasteiger partial charge in [-0.3, -0.25) is 4.79 Å². The maximum absolute atomic E-state index is 12.4. The molecule has 28 heavy (non-hydrogen) atoms. The Morgan fingerprint density at radius 3 is 2.61 bits per heavy atom. The largest absolute Gasteiger partial charge is 0.493 e. The van der Waals surface area contributed by atoms with E-state index in [1.54, 1.807) is 12.1 Å². The maximum Gasteiger partial charge on any atom is 0.266 e. The van der Waals surface area contributed by atoms with Crippen LogP contribution in [-0.2, 0) is 14.8 Å². The fraction of sp³-hybridized carbons (Fsp3) is 0.111. The summed E-state index contributed by atoms with van der Waals surface area (Å²) >= 11 is 0. The molecule has 1 aliphatic heterocycles. The Labute approximate surface area is 161 Å². The zero-order valence-electron chi connectivity index (χ0n) is 14.6. The molecule has 0 aliphatic carbocycles. The minimum atomic E-state index is -3.83. The number of carbonyl (C=O) groups excluding carboxylic acids is 1. The van der Waals surface area contributed by atoms with Crippen molar-refractivity contribution in [3.05, 3.63) is 47.5 Å². The molecule has 9 nitrogen and oxygen atoms in total. The third kappa shape index (κ3) is 4.06. The molecule has 2 aromatic carbocycles. The zero-order valence-corrected chi connectivity index (χ0v) is 15.4. The Balaban J connectivity index is 1.83. The quantitative estimate of drug-likeness (QED) is 0.573. The average molecular weight is 401 g/mol. The number of ether oxygens (including phenoxy) is 3. The second-order valence-corrected chi connectivity index (χ2v) is 7.21. The van der Waals surface area contributed by atoms with Gasteiger partial charge in [-0.15, -0.1) is 0 Å². The van der Waals surface area contributed by atoms with Gasteiger partial charge in [-0.25, -0.2) is 13.6 Å². The van der Waals surface area contributed by atoms with Crippen LogP contribution in [-0.4, -0.2) is 28.2 Å². The van der Waals surface area contributed by atoms with E-state index in [1.165, 1.54) is 37.5 Å². The lowest BCUT2D eigenvalue weighted by Gasteiger charge is -2.07. The molecule has 3 N–H and O–H groups in total. The highest BCUT2D eigenvalue weighted by Crippen LogP contribution is 2.42. The molecule has 0 radical (unpaired) electrons. The summed E-state index contributed by atoms with van der Waals surface area (Å²) in [5, 5.41) is 16.9. The molecule has 1 amide bonds. The monoisotopic (exact) mass is 401 g/mol. The number of hydrogen-bond acceptors (Lipinski definition) is 7. The number of benzene rings is 2. The second-order valence-electron chi connectivity index (χ2n) is 5.65. The van der Waals surface area contributed by atoms with Gasteiger partial charge in [-0.2, -0.15) is 5.26 Å². The minimum Gasteiger partial charge on any atom is -0.493 e. The van der Waals surface area contributed by atoms with Crippen LogP contribution in [0, 0.1) is 11.3 Å². The van der Waals surface area contributed by atoms with Crippen molar-refractivity contribution in [2.75, 3.05) is 19.2 Å². The van der Waals surface area contributed by atoms with Crippen molar-refractivity contribution in [2.24, 2.45) is 5.14 Å². The standard InChI is InChI=1S/C18H15N3O6S/c1-25-15-7-11(8-16-17(15)27-10-26-16)6-12(9-19)18(22)21-13-2-4-14(5-3-13)28(20,23)24/h2-8H,10H2,1H3,(H,21,22)(H2,20,23,24)/b12-6+. The van der Waals surface area contributed by atoms with E-state index in [1.807, 2.05) is 6.07 Å². The summed E-state index contributed by atoms with van der Waals surface area (Å²) in [6.45, 7) is 0.0545. The number of nitrogens with two attached hydrogens (primary N) is 1. The van der Waals surface area contributed by atoms with E-state index in [9.17, 15) is 18.5 Å². The number of sulfonamides is 1. The number of methoxy groups -OCH3 is 1. The Morgan fingerprint density at radius 1 is 1.29 bits per heavy atom. The Hall–Kier alpha value is -3.55. The van der Waals surface area contributed by atoms with Crippen LogP contribution in [0.3, 0.4) is 0 Å². The molecule has 1 aliphatic rings. The number of primary sulfonamides is 1. The van der Waals surface area contributed by atoms with E-state index in [0.29, 0.717) is 28.5 Å². The van der Waals surface area contributed by atoms with Gasteiger partial charge in [0.25, 0.3) is 5.91 Å². The summed E-state index contributed by atoms with van der Waals surface area (Å²) in [5.74, 6) is 0.652. The summed E-state index contributed by atoms with van der Waals surface area (Å²) in [6, 6.07) is 10.3. The summed E-state index contributed by atoms with van der Waals surface area (Å²) in [6.07, 6.45) is 1.37. The predicted molar refractivity (Wildman–Crippen MR) is 99.2 cm³/mol. The summed E-state index contributed by atoms with van der Waals surface area (Å²) in [5.41, 5.74) is 0.649. The van der Waals surface area contributed by atoms with Gasteiger partial charge >= 0.3 is 0 Å². The van der Waals surface area contributed by atoms with E-state index in [0.717, 1.165) is 0 Å². The lowest BCUT2D eigenvalue weighted by Crippen LogP contribution is -2.14. The second kappa shape index (κ2) is 7.59. The van der Waals surface area contributed by atoms with E-state index in [2.05, 4.69) is 5.32 Å². The van der Waals surface area contributed by atoms with Crippen molar-refractivity contribution in [1.29, 1.82) is 5.26 Å². The molecule has 0 spiro atoms. The van der Waals surface area contributed by atoms with Gasteiger partial charge in [0.05, 0.1) is 12.0 Å². The van der Waals surface area contributed by atoms with Gasteiger partial charge < -0.3 is 19.5 Å². The van der Waals surface area contributed by atoms with Crippen molar-refractivity contribution in [3.8, 4) is 23.3 Å². The van der Waals surface area contributed by atoms with Crippen LogP contribution >= 0.6 is 0 Å². The first-order chi connectivity index (χ1) is 13.3. The number of carbonyl (C=O) groups is 1. The molecule has 0 bridgehead atoms. The fourth-order valence-electron chi connectivity index (χ4n) is 2.47. The van der Waals surface area contributed by atoms with Crippen LogP contribution in [0.1, 0.15) is 5.56 Å². The smallest absolute Gasteiger partial charge is 0.266 e. The van der Waals surface area contributed by atoms with Crippen LogP contribution in [0.15, 0.2) is 46.9 Å². The third-order valence-corrected chi connectivity index (χ3v) is 4.73. The topological polar surface area (TPSA) is 141 Å². The highest BCUT2D eigenvalue weighted by Gasteiger charge is 2.20. The van der Waals surface area contributed by atoms with Gasteiger partial charge in [0.1, 0.15) is 11.6 Å². The Bertz CT molecular complexity index is 1100. The van der Waals surface area contributed by atoms with E-state index in [4.69, 9.17) is 19.3 Å². The Morgan fingerprint density at radius 2 is 2.00 bits per heavy atom. The van der Waals surface area contributed by atoms with Gasteiger partial charge in [0, 0.05) is 5.69 Å².